The Morgan fingerprint density at radius 2 is 1.38 bits per heavy atom. The molecule has 0 aliphatic carbocycles. The maximum absolute atomic E-state index is 11.1. The lowest BCUT2D eigenvalue weighted by molar-refractivity contribution is 0.0692. The Morgan fingerprint density at radius 3 is 1.62 bits per heavy atom. The molecule has 0 amide bonds. The molecule has 0 aromatic heterocycles. The Bertz CT molecular complexity index is 409. The first-order chi connectivity index (χ1) is 7.25. The third kappa shape index (κ3) is 2.21. The molecule has 0 radical (unpaired) electrons. The summed E-state index contributed by atoms with van der Waals surface area (Å²) >= 11 is 0. The van der Waals surface area contributed by atoms with Crippen LogP contribution in [0.15, 0.2) is 18.2 Å². The quantitative estimate of drug-likeness (QED) is 0.805. The standard InChI is InChI=1S/C12H14O4/c1-12(2,3)9-7(10(13)14)5-4-6-8(9)11(15)16/h4-6H,1-3H3,(H,13,14)(H,15,16). The van der Waals surface area contributed by atoms with Gasteiger partial charge in [0.2, 0.25) is 0 Å². The molecule has 0 saturated carbocycles. The lowest BCUT2D eigenvalue weighted by atomic mass is 9.80. The SMILES string of the molecule is CC(C)(C)c1c(C(=O)O)cccc1C(=O)O. The fourth-order valence-corrected chi connectivity index (χ4v) is 1.72. The first kappa shape index (κ1) is 12.2. The minimum Gasteiger partial charge on any atom is -0.478 e. The average molecular weight is 222 g/mol. The smallest absolute Gasteiger partial charge is 0.336 e. The minimum atomic E-state index is -1.10. The molecule has 1 rings (SSSR count). The monoisotopic (exact) mass is 222 g/mol. The third-order valence-corrected chi connectivity index (χ3v) is 2.28. The van der Waals surface area contributed by atoms with Crippen LogP contribution in [0.3, 0.4) is 0 Å². The van der Waals surface area contributed by atoms with E-state index < -0.39 is 17.4 Å². The molecule has 86 valence electrons. The van der Waals surface area contributed by atoms with Crippen molar-refractivity contribution in [3.63, 3.8) is 0 Å². The van der Waals surface area contributed by atoms with E-state index in [2.05, 4.69) is 0 Å². The van der Waals surface area contributed by atoms with Gasteiger partial charge in [-0.2, -0.15) is 0 Å². The molecule has 1 aromatic rings. The Labute approximate surface area is 93.5 Å². The molecule has 0 aliphatic rings. The highest BCUT2D eigenvalue weighted by Gasteiger charge is 2.27. The van der Waals surface area contributed by atoms with Crippen molar-refractivity contribution in [2.45, 2.75) is 26.2 Å². The van der Waals surface area contributed by atoms with E-state index in [4.69, 9.17) is 10.2 Å². The van der Waals surface area contributed by atoms with Gasteiger partial charge in [0, 0.05) is 0 Å². The van der Waals surface area contributed by atoms with Crippen molar-refractivity contribution in [2.75, 3.05) is 0 Å². The molecule has 16 heavy (non-hydrogen) atoms. The fourth-order valence-electron chi connectivity index (χ4n) is 1.72. The number of rotatable bonds is 2. The second-order valence-corrected chi connectivity index (χ2v) is 4.59. The molecule has 4 nitrogen and oxygen atoms in total. The maximum Gasteiger partial charge on any atom is 0.336 e. The summed E-state index contributed by atoms with van der Waals surface area (Å²) in [6.45, 7) is 5.38. The predicted molar refractivity (Wildman–Crippen MR) is 59.1 cm³/mol. The van der Waals surface area contributed by atoms with E-state index in [1.165, 1.54) is 18.2 Å². The van der Waals surface area contributed by atoms with Crippen LogP contribution in [0.4, 0.5) is 0 Å². The van der Waals surface area contributed by atoms with E-state index in [0.29, 0.717) is 5.56 Å². The molecule has 0 atom stereocenters. The topological polar surface area (TPSA) is 74.6 Å². The Hall–Kier alpha value is -1.84. The fraction of sp³-hybridized carbons (Fsp3) is 0.333. The molecule has 0 spiro atoms. The number of carboxylic acids is 2. The number of hydrogen-bond donors (Lipinski definition) is 2. The summed E-state index contributed by atoms with van der Waals surface area (Å²) in [6, 6.07) is 4.30. The molecule has 0 unspecified atom stereocenters. The molecule has 0 aliphatic heterocycles. The van der Waals surface area contributed by atoms with Gasteiger partial charge in [0.05, 0.1) is 11.1 Å². The van der Waals surface area contributed by atoms with E-state index in [1.807, 2.05) is 0 Å². The molecule has 2 N–H and O–H groups in total. The van der Waals surface area contributed by atoms with Gasteiger partial charge < -0.3 is 10.2 Å². The molecular weight excluding hydrogens is 208 g/mol. The van der Waals surface area contributed by atoms with Crippen molar-refractivity contribution in [1.29, 1.82) is 0 Å². The van der Waals surface area contributed by atoms with Crippen molar-refractivity contribution in [1.82, 2.24) is 0 Å². The summed E-state index contributed by atoms with van der Waals surface area (Å²) in [6.07, 6.45) is 0. The maximum atomic E-state index is 11.1. The van der Waals surface area contributed by atoms with Gasteiger partial charge in [0.25, 0.3) is 0 Å². The molecule has 4 heteroatoms. The predicted octanol–water partition coefficient (Wildman–Crippen LogP) is 2.38. The molecule has 0 heterocycles. The zero-order valence-electron chi connectivity index (χ0n) is 9.44. The van der Waals surface area contributed by atoms with Crippen LogP contribution in [-0.2, 0) is 5.41 Å². The normalized spacial score (nSPS) is 11.2. The van der Waals surface area contributed by atoms with Crippen LogP contribution < -0.4 is 0 Å². The van der Waals surface area contributed by atoms with E-state index in [-0.39, 0.29) is 11.1 Å². The van der Waals surface area contributed by atoms with E-state index >= 15 is 0 Å². The van der Waals surface area contributed by atoms with E-state index in [9.17, 15) is 9.59 Å². The van der Waals surface area contributed by atoms with Crippen LogP contribution in [0.1, 0.15) is 47.1 Å². The molecule has 0 bridgehead atoms. The molecule has 1 aromatic carbocycles. The summed E-state index contributed by atoms with van der Waals surface area (Å²) in [7, 11) is 0. The first-order valence-electron chi connectivity index (χ1n) is 4.85. The highest BCUT2D eigenvalue weighted by molar-refractivity contribution is 5.97. The highest BCUT2D eigenvalue weighted by atomic mass is 16.4. The molecular formula is C12H14O4. The van der Waals surface area contributed by atoms with Gasteiger partial charge in [-0.25, -0.2) is 9.59 Å². The zero-order chi connectivity index (χ0) is 12.5. The van der Waals surface area contributed by atoms with Crippen molar-refractivity contribution < 1.29 is 19.8 Å². The van der Waals surface area contributed by atoms with E-state index in [1.54, 1.807) is 20.8 Å². The lowest BCUT2D eigenvalue weighted by Gasteiger charge is -2.23. The molecule has 0 saturated heterocycles. The van der Waals surface area contributed by atoms with Crippen LogP contribution in [-0.4, -0.2) is 22.2 Å². The lowest BCUT2D eigenvalue weighted by Crippen LogP contribution is -2.21. The van der Waals surface area contributed by atoms with Crippen molar-refractivity contribution in [2.24, 2.45) is 0 Å². The van der Waals surface area contributed by atoms with Crippen molar-refractivity contribution in [3.05, 3.63) is 34.9 Å². The van der Waals surface area contributed by atoms with Gasteiger partial charge in [-0.15, -0.1) is 0 Å². The van der Waals surface area contributed by atoms with Crippen molar-refractivity contribution >= 4 is 11.9 Å². The number of carboxylic acid groups (broad SMARTS) is 2. The van der Waals surface area contributed by atoms with E-state index in [0.717, 1.165) is 0 Å². The van der Waals surface area contributed by atoms with Crippen LogP contribution in [0.25, 0.3) is 0 Å². The molecule has 0 fully saturated rings. The Morgan fingerprint density at radius 1 is 1.00 bits per heavy atom. The summed E-state index contributed by atoms with van der Waals surface area (Å²) in [5.74, 6) is -2.21. The zero-order valence-corrected chi connectivity index (χ0v) is 9.44. The number of hydrogen-bond acceptors (Lipinski definition) is 2. The van der Waals surface area contributed by atoms with Crippen LogP contribution in [0.5, 0.6) is 0 Å². The summed E-state index contributed by atoms with van der Waals surface area (Å²) in [5.41, 5.74) is -0.0716. The summed E-state index contributed by atoms with van der Waals surface area (Å²) < 4.78 is 0. The summed E-state index contributed by atoms with van der Waals surface area (Å²) in [4.78, 5) is 22.1. The number of benzene rings is 1. The van der Waals surface area contributed by atoms with Crippen LogP contribution in [0, 0.1) is 0 Å². The Balaban J connectivity index is 3.60. The van der Waals surface area contributed by atoms with Gasteiger partial charge in [0.1, 0.15) is 0 Å². The highest BCUT2D eigenvalue weighted by Crippen LogP contribution is 2.29. The van der Waals surface area contributed by atoms with Gasteiger partial charge in [0.15, 0.2) is 0 Å². The second-order valence-electron chi connectivity index (χ2n) is 4.59. The van der Waals surface area contributed by atoms with Crippen molar-refractivity contribution in [3.8, 4) is 0 Å². The number of carbonyl (C=O) groups is 2. The van der Waals surface area contributed by atoms with Gasteiger partial charge in [-0.1, -0.05) is 26.8 Å². The van der Waals surface area contributed by atoms with Gasteiger partial charge in [-0.05, 0) is 23.1 Å². The van der Waals surface area contributed by atoms with Crippen LogP contribution in [0.2, 0.25) is 0 Å². The first-order valence-corrected chi connectivity index (χ1v) is 4.85. The van der Waals surface area contributed by atoms with Gasteiger partial charge >= 0.3 is 11.9 Å². The minimum absolute atomic E-state index is 0.0485. The van der Waals surface area contributed by atoms with Crippen LogP contribution >= 0.6 is 0 Å². The third-order valence-electron chi connectivity index (χ3n) is 2.28. The largest absolute Gasteiger partial charge is 0.478 e. The average Bonchev–Trinajstić information content (AvgIpc) is 2.15. The Kier molecular flexibility index (Phi) is 3.03. The number of aromatic carboxylic acids is 2. The summed E-state index contributed by atoms with van der Waals surface area (Å²) in [5, 5.41) is 18.1. The second kappa shape index (κ2) is 3.96. The van der Waals surface area contributed by atoms with Gasteiger partial charge in [-0.3, -0.25) is 0 Å².